The van der Waals surface area contributed by atoms with Crippen LogP contribution in [-0.4, -0.2) is 13.2 Å². The normalized spacial score (nSPS) is 17.2. The lowest BCUT2D eigenvalue weighted by molar-refractivity contribution is 0.327. The number of terminal acetylenes is 1. The average molecular weight is 243 g/mol. The van der Waals surface area contributed by atoms with Crippen LogP contribution in [0.3, 0.4) is 0 Å². The van der Waals surface area contributed by atoms with E-state index in [2.05, 4.69) is 36.4 Å². The molecule has 2 rings (SSSR count). The summed E-state index contributed by atoms with van der Waals surface area (Å²) < 4.78 is 5.63. The van der Waals surface area contributed by atoms with E-state index in [1.165, 1.54) is 24.0 Å². The second-order valence-corrected chi connectivity index (χ2v) is 4.71. The van der Waals surface area contributed by atoms with E-state index in [9.17, 15) is 0 Å². The van der Waals surface area contributed by atoms with Gasteiger partial charge in [0.05, 0.1) is 6.61 Å². The van der Waals surface area contributed by atoms with E-state index < -0.39 is 0 Å². The summed E-state index contributed by atoms with van der Waals surface area (Å²) in [7, 11) is 0. The van der Waals surface area contributed by atoms with Gasteiger partial charge < -0.3 is 10.1 Å². The summed E-state index contributed by atoms with van der Waals surface area (Å²) in [6.07, 6.45) is 9.39. The van der Waals surface area contributed by atoms with Gasteiger partial charge in [0.2, 0.25) is 0 Å². The zero-order valence-corrected chi connectivity index (χ0v) is 11.0. The first-order valence-electron chi connectivity index (χ1n) is 6.77. The number of ether oxygens (including phenoxy) is 1. The molecule has 1 atom stereocenters. The molecule has 1 aliphatic carbocycles. The third-order valence-corrected chi connectivity index (χ3v) is 3.35. The van der Waals surface area contributed by atoms with Gasteiger partial charge >= 0.3 is 0 Å². The van der Waals surface area contributed by atoms with Crippen LogP contribution in [0.1, 0.15) is 43.4 Å². The maximum atomic E-state index is 5.63. The molecule has 2 nitrogen and oxygen atoms in total. The van der Waals surface area contributed by atoms with E-state index in [0.717, 1.165) is 18.7 Å². The van der Waals surface area contributed by atoms with Gasteiger partial charge in [-0.05, 0) is 49.1 Å². The van der Waals surface area contributed by atoms with E-state index >= 15 is 0 Å². The van der Waals surface area contributed by atoms with Gasteiger partial charge in [0.15, 0.2) is 0 Å². The molecule has 96 valence electrons. The Kier molecular flexibility index (Phi) is 4.66. The van der Waals surface area contributed by atoms with Gasteiger partial charge in [-0.2, -0.15) is 0 Å². The zero-order valence-electron chi connectivity index (χ0n) is 11.0. The number of rotatable bonds is 6. The van der Waals surface area contributed by atoms with Crippen LogP contribution in [0.4, 0.5) is 0 Å². The highest BCUT2D eigenvalue weighted by atomic mass is 16.5. The van der Waals surface area contributed by atoms with Crippen LogP contribution >= 0.6 is 0 Å². The van der Waals surface area contributed by atoms with Crippen molar-refractivity contribution in [3.63, 3.8) is 0 Å². The van der Waals surface area contributed by atoms with Gasteiger partial charge in [0.25, 0.3) is 0 Å². The Bertz CT molecular complexity index is 433. The van der Waals surface area contributed by atoms with Crippen molar-refractivity contribution in [3.8, 4) is 18.1 Å². The first kappa shape index (κ1) is 13.0. The van der Waals surface area contributed by atoms with E-state index in [0.29, 0.717) is 19.1 Å². The number of hydrogen-bond acceptors (Lipinski definition) is 2. The van der Waals surface area contributed by atoms with Gasteiger partial charge in [0, 0.05) is 12.5 Å². The first-order chi connectivity index (χ1) is 8.85. The average Bonchev–Trinajstić information content (AvgIpc) is 2.79. The molecule has 0 aliphatic heterocycles. The molecule has 1 N–H and O–H groups in total. The van der Waals surface area contributed by atoms with Crippen LogP contribution in [0.25, 0.3) is 0 Å². The molecule has 1 aromatic rings. The Morgan fingerprint density at radius 3 is 3.17 bits per heavy atom. The Balaban J connectivity index is 1.99. The van der Waals surface area contributed by atoms with E-state index in [-0.39, 0.29) is 0 Å². The summed E-state index contributed by atoms with van der Waals surface area (Å²) >= 11 is 0. The minimum atomic E-state index is 0.528. The fourth-order valence-electron chi connectivity index (χ4n) is 2.44. The number of hydrogen-bond donors (Lipinski definition) is 1. The molecule has 2 heteroatoms. The van der Waals surface area contributed by atoms with Crippen molar-refractivity contribution in [1.82, 2.24) is 5.32 Å². The summed E-state index contributed by atoms with van der Waals surface area (Å²) in [5.74, 6) is 3.53. The maximum absolute atomic E-state index is 5.63. The van der Waals surface area contributed by atoms with E-state index in [1.807, 2.05) is 0 Å². The van der Waals surface area contributed by atoms with Gasteiger partial charge in [-0.3, -0.25) is 0 Å². The molecule has 0 bridgehead atoms. The third kappa shape index (κ3) is 3.05. The Hall–Kier alpha value is -1.46. The van der Waals surface area contributed by atoms with Crippen LogP contribution < -0.4 is 10.1 Å². The van der Waals surface area contributed by atoms with Crippen molar-refractivity contribution < 1.29 is 4.74 Å². The molecule has 0 spiro atoms. The smallest absolute Gasteiger partial charge is 0.119 e. The van der Waals surface area contributed by atoms with Crippen molar-refractivity contribution in [2.24, 2.45) is 0 Å². The summed E-state index contributed by atoms with van der Waals surface area (Å²) in [5.41, 5.74) is 2.86. The second-order valence-electron chi connectivity index (χ2n) is 4.71. The highest BCUT2D eigenvalue weighted by molar-refractivity contribution is 5.40. The third-order valence-electron chi connectivity index (χ3n) is 3.35. The van der Waals surface area contributed by atoms with Crippen LogP contribution in [0, 0.1) is 12.3 Å². The standard InChI is InChI=1S/C16H21NO/c1-3-5-11-18-14-7-8-15-13(12-14)6-9-16(15)17-10-4-2/h1,7-8,12,16-17H,4-6,9-11H2,2H3. The monoisotopic (exact) mass is 243 g/mol. The van der Waals surface area contributed by atoms with Crippen LogP contribution in [-0.2, 0) is 6.42 Å². The predicted octanol–water partition coefficient (Wildman–Crippen LogP) is 3.08. The fraction of sp³-hybridized carbons (Fsp3) is 0.500. The van der Waals surface area contributed by atoms with Gasteiger partial charge in [-0.15, -0.1) is 12.3 Å². The van der Waals surface area contributed by atoms with E-state index in [1.54, 1.807) is 0 Å². The summed E-state index contributed by atoms with van der Waals surface area (Å²) in [6.45, 7) is 3.89. The first-order valence-corrected chi connectivity index (χ1v) is 6.77. The molecule has 0 saturated carbocycles. The van der Waals surface area contributed by atoms with E-state index in [4.69, 9.17) is 11.2 Å². The summed E-state index contributed by atoms with van der Waals surface area (Å²) in [4.78, 5) is 0. The summed E-state index contributed by atoms with van der Waals surface area (Å²) in [5, 5.41) is 3.59. The lowest BCUT2D eigenvalue weighted by atomic mass is 10.1. The number of fused-ring (bicyclic) bond motifs is 1. The van der Waals surface area contributed by atoms with Crippen molar-refractivity contribution in [2.45, 2.75) is 38.6 Å². The minimum absolute atomic E-state index is 0.528. The lowest BCUT2D eigenvalue weighted by Gasteiger charge is -2.13. The topological polar surface area (TPSA) is 21.3 Å². The number of benzene rings is 1. The molecule has 0 heterocycles. The number of nitrogens with one attached hydrogen (secondary N) is 1. The fourth-order valence-corrected chi connectivity index (χ4v) is 2.44. The highest BCUT2D eigenvalue weighted by Gasteiger charge is 2.21. The Morgan fingerprint density at radius 2 is 2.39 bits per heavy atom. The zero-order chi connectivity index (χ0) is 12.8. The molecule has 1 aromatic carbocycles. The highest BCUT2D eigenvalue weighted by Crippen LogP contribution is 2.33. The molecule has 0 amide bonds. The lowest BCUT2D eigenvalue weighted by Crippen LogP contribution is -2.19. The minimum Gasteiger partial charge on any atom is -0.493 e. The number of aryl methyl sites for hydroxylation is 1. The summed E-state index contributed by atoms with van der Waals surface area (Å²) in [6, 6.07) is 6.95. The van der Waals surface area contributed by atoms with Gasteiger partial charge in [-0.25, -0.2) is 0 Å². The molecule has 18 heavy (non-hydrogen) atoms. The maximum Gasteiger partial charge on any atom is 0.119 e. The van der Waals surface area contributed by atoms with Crippen molar-refractivity contribution in [3.05, 3.63) is 29.3 Å². The van der Waals surface area contributed by atoms with Crippen LogP contribution in [0.2, 0.25) is 0 Å². The Labute approximate surface area is 110 Å². The second kappa shape index (κ2) is 6.47. The molecule has 1 aliphatic rings. The molecule has 0 radical (unpaired) electrons. The van der Waals surface area contributed by atoms with Crippen molar-refractivity contribution in [2.75, 3.05) is 13.2 Å². The molecule has 0 aromatic heterocycles. The van der Waals surface area contributed by atoms with Crippen molar-refractivity contribution in [1.29, 1.82) is 0 Å². The van der Waals surface area contributed by atoms with Gasteiger partial charge in [0.1, 0.15) is 5.75 Å². The quantitative estimate of drug-likeness (QED) is 0.612. The van der Waals surface area contributed by atoms with Crippen LogP contribution in [0.5, 0.6) is 5.75 Å². The predicted molar refractivity (Wildman–Crippen MR) is 74.7 cm³/mol. The molecule has 0 fully saturated rings. The van der Waals surface area contributed by atoms with Crippen molar-refractivity contribution >= 4 is 0 Å². The SMILES string of the molecule is C#CCCOc1ccc2c(c1)CCC2NCCC. The molecule has 1 unspecified atom stereocenters. The molecule has 0 saturated heterocycles. The Morgan fingerprint density at radius 1 is 1.50 bits per heavy atom. The van der Waals surface area contributed by atoms with Gasteiger partial charge in [-0.1, -0.05) is 13.0 Å². The van der Waals surface area contributed by atoms with Crippen LogP contribution in [0.15, 0.2) is 18.2 Å². The largest absolute Gasteiger partial charge is 0.493 e. The molecular formula is C16H21NO. The molecular weight excluding hydrogens is 222 g/mol.